The van der Waals surface area contributed by atoms with Crippen LogP contribution in [0.4, 0.5) is 0 Å². The molecule has 1 saturated heterocycles. The number of phenolic OH excluding ortho intramolecular Hbond substituents is 1. The number of benzene rings is 2. The number of likely N-dealkylation sites (tertiary alicyclic amines) is 1. The van der Waals surface area contributed by atoms with E-state index in [0.29, 0.717) is 25.8 Å². The molecule has 0 aromatic heterocycles. The van der Waals surface area contributed by atoms with Crippen molar-refractivity contribution in [3.8, 4) is 5.75 Å². The highest BCUT2D eigenvalue weighted by molar-refractivity contribution is 5.92. The summed E-state index contributed by atoms with van der Waals surface area (Å²) in [5.41, 5.74) is 7.70. The molecule has 0 radical (unpaired) electrons. The van der Waals surface area contributed by atoms with E-state index >= 15 is 0 Å². The van der Waals surface area contributed by atoms with Crippen LogP contribution in [0, 0.1) is 0 Å². The number of aliphatic carboxylic acids is 1. The van der Waals surface area contributed by atoms with Crippen LogP contribution in [0.25, 0.3) is 0 Å². The number of carboxylic acid groups (broad SMARTS) is 1. The number of carbonyl (C=O) groups excluding carboxylic acids is 2. The molecule has 3 unspecified atom stereocenters. The number of nitrogens with two attached hydrogens (primary N) is 1. The molecule has 1 heterocycles. The number of hydrogen-bond donors (Lipinski definition) is 4. The number of hydrogen-bond acceptors (Lipinski definition) is 5. The van der Waals surface area contributed by atoms with Crippen LogP contribution >= 0.6 is 0 Å². The summed E-state index contributed by atoms with van der Waals surface area (Å²) >= 11 is 0. The van der Waals surface area contributed by atoms with Gasteiger partial charge < -0.3 is 26.2 Å². The SMILES string of the molecule is NC(Cc1ccccc1)C(=O)NC(Cc1ccc(O)cc1)C(=O)N1CCCC1C(=O)O. The molecule has 164 valence electrons. The van der Waals surface area contributed by atoms with Crippen LogP contribution in [0.3, 0.4) is 0 Å². The lowest BCUT2D eigenvalue weighted by atomic mass is 10.0. The number of nitrogens with zero attached hydrogens (tertiary/aromatic N) is 1. The Hall–Kier alpha value is -3.39. The summed E-state index contributed by atoms with van der Waals surface area (Å²) in [6.07, 6.45) is 1.45. The van der Waals surface area contributed by atoms with Gasteiger partial charge in [-0.15, -0.1) is 0 Å². The molecule has 8 nitrogen and oxygen atoms in total. The Bertz CT molecular complexity index is 917. The molecule has 2 amide bonds. The Labute approximate surface area is 180 Å². The quantitative estimate of drug-likeness (QED) is 0.500. The van der Waals surface area contributed by atoms with Gasteiger partial charge in [0.15, 0.2) is 0 Å². The monoisotopic (exact) mass is 425 g/mol. The van der Waals surface area contributed by atoms with Crippen molar-refractivity contribution >= 4 is 17.8 Å². The summed E-state index contributed by atoms with van der Waals surface area (Å²) < 4.78 is 0. The van der Waals surface area contributed by atoms with Crippen LogP contribution in [-0.4, -0.2) is 57.6 Å². The average molecular weight is 425 g/mol. The van der Waals surface area contributed by atoms with Crippen LogP contribution in [-0.2, 0) is 27.2 Å². The lowest BCUT2D eigenvalue weighted by Crippen LogP contribution is -2.55. The number of phenols is 1. The highest BCUT2D eigenvalue weighted by atomic mass is 16.4. The topological polar surface area (TPSA) is 133 Å². The van der Waals surface area contributed by atoms with E-state index in [9.17, 15) is 24.6 Å². The van der Waals surface area contributed by atoms with Gasteiger partial charge in [-0.2, -0.15) is 0 Å². The standard InChI is InChI=1S/C23H27N3O5/c24-18(13-15-5-2-1-3-6-15)21(28)25-19(14-16-8-10-17(27)11-9-16)22(29)26-12-4-7-20(26)23(30)31/h1-3,5-6,8-11,18-20,27H,4,7,12-14,24H2,(H,25,28)(H,30,31). The molecule has 3 atom stereocenters. The summed E-state index contributed by atoms with van der Waals surface area (Å²) in [6.45, 7) is 0.327. The molecule has 1 aliphatic heterocycles. The van der Waals surface area contributed by atoms with Crippen molar-refractivity contribution in [3.63, 3.8) is 0 Å². The number of carbonyl (C=O) groups is 3. The first kappa shape index (κ1) is 22.3. The lowest BCUT2D eigenvalue weighted by molar-refractivity contribution is -0.149. The molecule has 3 rings (SSSR count). The van der Waals surface area contributed by atoms with E-state index in [1.165, 1.54) is 17.0 Å². The van der Waals surface area contributed by atoms with Gasteiger partial charge in [0.05, 0.1) is 6.04 Å². The summed E-state index contributed by atoms with van der Waals surface area (Å²) in [6, 6.07) is 12.9. The van der Waals surface area contributed by atoms with Gasteiger partial charge in [0, 0.05) is 13.0 Å². The van der Waals surface area contributed by atoms with Crippen molar-refractivity contribution in [2.75, 3.05) is 6.54 Å². The number of amides is 2. The van der Waals surface area contributed by atoms with Gasteiger partial charge in [0.25, 0.3) is 0 Å². The van der Waals surface area contributed by atoms with Gasteiger partial charge in [0.2, 0.25) is 11.8 Å². The van der Waals surface area contributed by atoms with Gasteiger partial charge in [-0.3, -0.25) is 9.59 Å². The van der Waals surface area contributed by atoms with E-state index in [1.807, 2.05) is 30.3 Å². The van der Waals surface area contributed by atoms with Crippen molar-refractivity contribution in [1.29, 1.82) is 0 Å². The third-order valence-electron chi connectivity index (χ3n) is 5.45. The van der Waals surface area contributed by atoms with Crippen LogP contribution in [0.5, 0.6) is 5.75 Å². The molecule has 1 aliphatic rings. The fraction of sp³-hybridized carbons (Fsp3) is 0.348. The van der Waals surface area contributed by atoms with Gasteiger partial charge in [-0.1, -0.05) is 42.5 Å². The fourth-order valence-electron chi connectivity index (χ4n) is 3.79. The van der Waals surface area contributed by atoms with Crippen LogP contribution < -0.4 is 11.1 Å². The summed E-state index contributed by atoms with van der Waals surface area (Å²) in [4.78, 5) is 38.8. The molecule has 5 N–H and O–H groups in total. The molecule has 2 aromatic carbocycles. The number of aromatic hydroxyl groups is 1. The minimum atomic E-state index is -1.05. The molecule has 0 spiro atoms. The Morgan fingerprint density at radius 2 is 1.68 bits per heavy atom. The van der Waals surface area contributed by atoms with Gasteiger partial charge in [-0.05, 0) is 42.5 Å². The molecule has 8 heteroatoms. The van der Waals surface area contributed by atoms with Crippen molar-refractivity contribution < 1.29 is 24.6 Å². The van der Waals surface area contributed by atoms with E-state index in [2.05, 4.69) is 5.32 Å². The van der Waals surface area contributed by atoms with E-state index in [1.54, 1.807) is 12.1 Å². The first-order valence-electron chi connectivity index (χ1n) is 10.3. The van der Waals surface area contributed by atoms with Crippen molar-refractivity contribution in [2.24, 2.45) is 5.73 Å². The molecule has 2 aromatic rings. The average Bonchev–Trinajstić information content (AvgIpc) is 3.25. The summed E-state index contributed by atoms with van der Waals surface area (Å²) in [7, 11) is 0. The molecular formula is C23H27N3O5. The second-order valence-corrected chi connectivity index (χ2v) is 7.76. The Kier molecular flexibility index (Phi) is 7.25. The highest BCUT2D eigenvalue weighted by Gasteiger charge is 2.38. The minimum absolute atomic E-state index is 0.0889. The maximum atomic E-state index is 13.2. The van der Waals surface area contributed by atoms with Crippen LogP contribution in [0.15, 0.2) is 54.6 Å². The smallest absolute Gasteiger partial charge is 0.326 e. The molecule has 31 heavy (non-hydrogen) atoms. The predicted molar refractivity (Wildman–Crippen MR) is 114 cm³/mol. The molecule has 0 saturated carbocycles. The van der Waals surface area contributed by atoms with Crippen LogP contribution in [0.2, 0.25) is 0 Å². The Morgan fingerprint density at radius 1 is 1.03 bits per heavy atom. The first-order valence-corrected chi connectivity index (χ1v) is 10.3. The predicted octanol–water partition coefficient (Wildman–Crippen LogP) is 1.07. The largest absolute Gasteiger partial charge is 0.508 e. The Morgan fingerprint density at radius 3 is 2.32 bits per heavy atom. The maximum Gasteiger partial charge on any atom is 0.326 e. The maximum absolute atomic E-state index is 13.2. The van der Waals surface area contributed by atoms with Crippen molar-refractivity contribution in [3.05, 3.63) is 65.7 Å². The van der Waals surface area contributed by atoms with Crippen LogP contribution in [0.1, 0.15) is 24.0 Å². The zero-order valence-electron chi connectivity index (χ0n) is 17.1. The van der Waals surface area contributed by atoms with E-state index < -0.39 is 35.9 Å². The summed E-state index contributed by atoms with van der Waals surface area (Å²) in [5.74, 6) is -1.89. The van der Waals surface area contributed by atoms with Gasteiger partial charge >= 0.3 is 5.97 Å². The zero-order chi connectivity index (χ0) is 22.4. The fourth-order valence-corrected chi connectivity index (χ4v) is 3.79. The first-order chi connectivity index (χ1) is 14.8. The number of rotatable bonds is 8. The molecular weight excluding hydrogens is 398 g/mol. The molecule has 1 fully saturated rings. The van der Waals surface area contributed by atoms with Gasteiger partial charge in [0.1, 0.15) is 17.8 Å². The molecule has 0 bridgehead atoms. The third-order valence-corrected chi connectivity index (χ3v) is 5.45. The second kappa shape index (κ2) is 10.1. The highest BCUT2D eigenvalue weighted by Crippen LogP contribution is 2.20. The lowest BCUT2D eigenvalue weighted by Gasteiger charge is -2.28. The van der Waals surface area contributed by atoms with E-state index in [4.69, 9.17) is 5.73 Å². The molecule has 0 aliphatic carbocycles. The van der Waals surface area contributed by atoms with E-state index in [-0.39, 0.29) is 12.2 Å². The van der Waals surface area contributed by atoms with E-state index in [0.717, 1.165) is 11.1 Å². The third kappa shape index (κ3) is 5.82. The number of nitrogens with one attached hydrogen (secondary N) is 1. The second-order valence-electron chi connectivity index (χ2n) is 7.76. The van der Waals surface area contributed by atoms with Crippen molar-refractivity contribution in [1.82, 2.24) is 10.2 Å². The van der Waals surface area contributed by atoms with Crippen molar-refractivity contribution in [2.45, 2.75) is 43.8 Å². The Balaban J connectivity index is 1.76. The normalized spacial score (nSPS) is 17.7. The zero-order valence-corrected chi connectivity index (χ0v) is 17.1. The van der Waals surface area contributed by atoms with Gasteiger partial charge in [-0.25, -0.2) is 4.79 Å². The minimum Gasteiger partial charge on any atom is -0.508 e. The number of carboxylic acids is 1. The summed E-state index contributed by atoms with van der Waals surface area (Å²) in [5, 5.41) is 21.7.